The van der Waals surface area contributed by atoms with E-state index in [4.69, 9.17) is 9.15 Å². The first-order chi connectivity index (χ1) is 5.77. The molecule has 12 heavy (non-hydrogen) atoms. The van der Waals surface area contributed by atoms with Gasteiger partial charge in [-0.2, -0.15) is 0 Å². The summed E-state index contributed by atoms with van der Waals surface area (Å²) < 4.78 is 10.3. The van der Waals surface area contributed by atoms with Gasteiger partial charge in [-0.1, -0.05) is 0 Å². The summed E-state index contributed by atoms with van der Waals surface area (Å²) in [4.78, 5) is 11.1. The van der Waals surface area contributed by atoms with E-state index in [1.165, 1.54) is 0 Å². The quantitative estimate of drug-likeness (QED) is 0.555. The molecule has 1 aliphatic heterocycles. The molecule has 2 bridgehead atoms. The Balaban J connectivity index is 2.48. The van der Waals surface area contributed by atoms with Crippen molar-refractivity contribution in [2.45, 2.75) is 13.5 Å². The van der Waals surface area contributed by atoms with Gasteiger partial charge in [-0.3, -0.25) is 0 Å². The molecule has 0 aliphatic carbocycles. The number of furan rings is 2. The smallest absolute Gasteiger partial charge is 0.342 e. The van der Waals surface area contributed by atoms with Gasteiger partial charge in [0.25, 0.3) is 0 Å². The standard InChI is InChI=1S/C9H6O3/c1-4-2-6-7-5(8(4)12-6)3-11-9(7)10/h2H,3H2,1H3. The summed E-state index contributed by atoms with van der Waals surface area (Å²) in [5.74, 6) is -0.251. The van der Waals surface area contributed by atoms with Crippen molar-refractivity contribution in [3.05, 3.63) is 22.8 Å². The molecule has 2 aromatic heterocycles. The average Bonchev–Trinajstić information content (AvgIpc) is 2.62. The van der Waals surface area contributed by atoms with Gasteiger partial charge >= 0.3 is 5.97 Å². The monoisotopic (exact) mass is 162 g/mol. The van der Waals surface area contributed by atoms with Gasteiger partial charge in [-0.05, 0) is 18.6 Å². The first-order valence-corrected chi connectivity index (χ1v) is 3.79. The van der Waals surface area contributed by atoms with Gasteiger partial charge in [0.1, 0.15) is 23.3 Å². The van der Waals surface area contributed by atoms with Crippen LogP contribution < -0.4 is 0 Å². The number of carbonyl (C=O) groups excluding carboxylic acids is 1. The number of carbonyl (C=O) groups is 1. The van der Waals surface area contributed by atoms with Crippen LogP contribution in [0.1, 0.15) is 21.5 Å². The molecule has 0 atom stereocenters. The minimum absolute atomic E-state index is 0.251. The third kappa shape index (κ3) is 0.480. The van der Waals surface area contributed by atoms with Crippen molar-refractivity contribution >= 4 is 17.1 Å². The van der Waals surface area contributed by atoms with Gasteiger partial charge in [0, 0.05) is 0 Å². The number of cyclic esters (lactones) is 1. The highest BCUT2D eigenvalue weighted by Crippen LogP contribution is 2.36. The van der Waals surface area contributed by atoms with Gasteiger partial charge in [0.15, 0.2) is 0 Å². The third-order valence-corrected chi connectivity index (χ3v) is 2.29. The minimum atomic E-state index is -0.251. The lowest BCUT2D eigenvalue weighted by molar-refractivity contribution is 0.0534. The van der Waals surface area contributed by atoms with Crippen LogP contribution in [0.2, 0.25) is 0 Å². The summed E-state index contributed by atoms with van der Waals surface area (Å²) >= 11 is 0. The van der Waals surface area contributed by atoms with Crippen molar-refractivity contribution in [1.29, 1.82) is 0 Å². The number of aryl methyl sites for hydroxylation is 1. The van der Waals surface area contributed by atoms with Crippen LogP contribution in [0.5, 0.6) is 0 Å². The van der Waals surface area contributed by atoms with Crippen LogP contribution >= 0.6 is 0 Å². The molecule has 0 saturated carbocycles. The van der Waals surface area contributed by atoms with E-state index < -0.39 is 0 Å². The second kappa shape index (κ2) is 1.63. The van der Waals surface area contributed by atoms with Gasteiger partial charge in [0.05, 0.1) is 5.56 Å². The van der Waals surface area contributed by atoms with Crippen LogP contribution in [0.25, 0.3) is 11.2 Å². The van der Waals surface area contributed by atoms with Gasteiger partial charge < -0.3 is 9.15 Å². The van der Waals surface area contributed by atoms with E-state index in [0.29, 0.717) is 17.8 Å². The van der Waals surface area contributed by atoms with E-state index in [0.717, 1.165) is 16.7 Å². The summed E-state index contributed by atoms with van der Waals surface area (Å²) in [6, 6.07) is 1.88. The van der Waals surface area contributed by atoms with Crippen LogP contribution in [0.4, 0.5) is 0 Å². The molecule has 2 aromatic rings. The fourth-order valence-electron chi connectivity index (χ4n) is 1.74. The summed E-state index contributed by atoms with van der Waals surface area (Å²) in [5, 5.41) is 0. The maximum Gasteiger partial charge on any atom is 0.342 e. The second-order valence-corrected chi connectivity index (χ2v) is 3.05. The summed E-state index contributed by atoms with van der Waals surface area (Å²) in [5.41, 5.74) is 4.14. The molecule has 3 nitrogen and oxygen atoms in total. The van der Waals surface area contributed by atoms with Crippen LogP contribution in [-0.2, 0) is 11.3 Å². The molecule has 0 spiro atoms. The Morgan fingerprint density at radius 1 is 1.50 bits per heavy atom. The van der Waals surface area contributed by atoms with Crippen molar-refractivity contribution in [3.8, 4) is 0 Å². The van der Waals surface area contributed by atoms with Crippen molar-refractivity contribution < 1.29 is 13.9 Å². The minimum Gasteiger partial charge on any atom is -0.457 e. The van der Waals surface area contributed by atoms with E-state index in [-0.39, 0.29) is 5.97 Å². The van der Waals surface area contributed by atoms with E-state index in [1.807, 2.05) is 13.0 Å². The van der Waals surface area contributed by atoms with Crippen LogP contribution in [0.15, 0.2) is 10.5 Å². The highest BCUT2D eigenvalue weighted by atomic mass is 16.5. The lowest BCUT2D eigenvalue weighted by Gasteiger charge is -1.88. The van der Waals surface area contributed by atoms with E-state index in [9.17, 15) is 4.79 Å². The van der Waals surface area contributed by atoms with Crippen molar-refractivity contribution in [2.75, 3.05) is 0 Å². The fourth-order valence-corrected chi connectivity index (χ4v) is 1.74. The lowest BCUT2D eigenvalue weighted by atomic mass is 10.1. The Hall–Kier alpha value is -1.51. The highest BCUT2D eigenvalue weighted by molar-refractivity contribution is 6.04. The Morgan fingerprint density at radius 3 is 3.17 bits per heavy atom. The zero-order valence-corrected chi connectivity index (χ0v) is 6.51. The topological polar surface area (TPSA) is 39.4 Å². The average molecular weight is 162 g/mol. The largest absolute Gasteiger partial charge is 0.457 e. The second-order valence-electron chi connectivity index (χ2n) is 3.05. The van der Waals surface area contributed by atoms with E-state index >= 15 is 0 Å². The summed E-state index contributed by atoms with van der Waals surface area (Å²) in [6.07, 6.45) is 0. The van der Waals surface area contributed by atoms with Crippen molar-refractivity contribution in [3.63, 3.8) is 0 Å². The van der Waals surface area contributed by atoms with Crippen LogP contribution in [0, 0.1) is 6.92 Å². The molecule has 60 valence electrons. The molecule has 0 fully saturated rings. The van der Waals surface area contributed by atoms with Gasteiger partial charge in [0.2, 0.25) is 0 Å². The first-order valence-electron chi connectivity index (χ1n) is 3.79. The molecule has 3 rings (SSSR count). The van der Waals surface area contributed by atoms with Gasteiger partial charge in [-0.15, -0.1) is 0 Å². The molecule has 3 heteroatoms. The van der Waals surface area contributed by atoms with Gasteiger partial charge in [-0.25, -0.2) is 4.79 Å². The number of ether oxygens (including phenoxy) is 1. The molecule has 0 aromatic carbocycles. The number of fused-ring (bicyclic) bond motifs is 5. The predicted octanol–water partition coefficient (Wildman–Crippen LogP) is 1.85. The van der Waals surface area contributed by atoms with Crippen LogP contribution in [-0.4, -0.2) is 5.97 Å². The van der Waals surface area contributed by atoms with Crippen molar-refractivity contribution in [1.82, 2.24) is 0 Å². The summed E-state index contributed by atoms with van der Waals surface area (Å²) in [6.45, 7) is 2.34. The molecule has 0 radical (unpaired) electrons. The number of esters is 1. The molecular weight excluding hydrogens is 156 g/mol. The zero-order valence-electron chi connectivity index (χ0n) is 6.51. The lowest BCUT2D eigenvalue weighted by Crippen LogP contribution is -1.92. The first kappa shape index (κ1) is 6.06. The number of rotatable bonds is 0. The Bertz CT molecular complexity index is 467. The maximum atomic E-state index is 11.1. The molecule has 0 amide bonds. The Morgan fingerprint density at radius 2 is 2.33 bits per heavy atom. The Kier molecular flexibility index (Phi) is 0.822. The molecule has 0 N–H and O–H groups in total. The molecular formula is C9H6O3. The number of benzene rings is 1. The van der Waals surface area contributed by atoms with Crippen LogP contribution in [0.3, 0.4) is 0 Å². The van der Waals surface area contributed by atoms with Crippen molar-refractivity contribution in [2.24, 2.45) is 0 Å². The molecule has 0 unspecified atom stereocenters. The number of hydrogen-bond donors (Lipinski definition) is 0. The SMILES string of the molecule is Cc1cc2oc1c1c2C(=O)OC1. The highest BCUT2D eigenvalue weighted by Gasteiger charge is 2.31. The predicted molar refractivity (Wildman–Crippen MR) is 41.3 cm³/mol. The third-order valence-electron chi connectivity index (χ3n) is 2.29. The number of hydrogen-bond acceptors (Lipinski definition) is 3. The molecule has 3 heterocycles. The normalized spacial score (nSPS) is 15.6. The zero-order chi connectivity index (χ0) is 8.29. The fraction of sp³-hybridized carbons (Fsp3) is 0.222. The van der Waals surface area contributed by atoms with E-state index in [1.54, 1.807) is 0 Å². The molecule has 0 saturated heterocycles. The molecule has 1 aliphatic rings. The summed E-state index contributed by atoms with van der Waals surface area (Å²) in [7, 11) is 0. The van der Waals surface area contributed by atoms with E-state index in [2.05, 4.69) is 0 Å². The Labute approximate surface area is 68.3 Å². The maximum absolute atomic E-state index is 11.1.